The van der Waals surface area contributed by atoms with Gasteiger partial charge in [-0.2, -0.15) is 0 Å². The molecule has 1 heterocycles. The fourth-order valence-corrected chi connectivity index (χ4v) is 2.19. The summed E-state index contributed by atoms with van der Waals surface area (Å²) in [6.07, 6.45) is 2.33. The highest BCUT2D eigenvalue weighted by Gasteiger charge is 2.11. The molecule has 0 bridgehead atoms. The normalized spacial score (nSPS) is 12.9. The number of nitrogens with zero attached hydrogens (tertiary/aromatic N) is 1. The van der Waals surface area contributed by atoms with Crippen LogP contribution in [0.25, 0.3) is 10.8 Å². The van der Waals surface area contributed by atoms with E-state index < -0.39 is 0 Å². The topological polar surface area (TPSA) is 38.9 Å². The number of anilines is 1. The maximum Gasteiger partial charge on any atom is 0.124 e. The van der Waals surface area contributed by atoms with Crippen LogP contribution in [-0.4, -0.2) is 4.98 Å². The molecule has 0 fully saturated rings. The first kappa shape index (κ1) is 10.9. The van der Waals surface area contributed by atoms with Crippen molar-refractivity contribution < 1.29 is 0 Å². The van der Waals surface area contributed by atoms with Crippen molar-refractivity contribution in [1.82, 2.24) is 4.98 Å². The summed E-state index contributed by atoms with van der Waals surface area (Å²) in [6.45, 7) is 4.42. The van der Waals surface area contributed by atoms with Crippen LogP contribution < -0.4 is 5.73 Å². The molecule has 0 aliphatic carbocycles. The van der Waals surface area contributed by atoms with Gasteiger partial charge in [0.15, 0.2) is 0 Å². The molecule has 1 atom stereocenters. The summed E-state index contributed by atoms with van der Waals surface area (Å²) in [6, 6.07) is 10.3. The van der Waals surface area contributed by atoms with E-state index in [1.54, 1.807) is 0 Å². The van der Waals surface area contributed by atoms with Crippen LogP contribution in [0, 0.1) is 0 Å². The standard InChI is InChI=1S/C14H18N2/c1-3-6-10(2)14-12-8-5-4-7-11(12)9-13(15)16-14/h4-5,7-10H,3,6H2,1-2H3,(H2,15,16). The number of fused-ring (bicyclic) bond motifs is 1. The van der Waals surface area contributed by atoms with Gasteiger partial charge in [0.25, 0.3) is 0 Å². The number of aromatic nitrogens is 1. The Labute approximate surface area is 96.5 Å². The molecule has 0 amide bonds. The molecule has 0 saturated heterocycles. The number of nitrogen functional groups attached to an aromatic ring is 1. The molecule has 1 aromatic heterocycles. The van der Waals surface area contributed by atoms with E-state index in [1.165, 1.54) is 17.2 Å². The summed E-state index contributed by atoms with van der Waals surface area (Å²) in [4.78, 5) is 4.50. The van der Waals surface area contributed by atoms with Crippen LogP contribution in [0.15, 0.2) is 30.3 Å². The summed E-state index contributed by atoms with van der Waals surface area (Å²) in [5.74, 6) is 1.09. The fourth-order valence-electron chi connectivity index (χ4n) is 2.19. The van der Waals surface area contributed by atoms with Gasteiger partial charge in [0.1, 0.15) is 5.82 Å². The quantitative estimate of drug-likeness (QED) is 0.845. The monoisotopic (exact) mass is 214 g/mol. The van der Waals surface area contributed by atoms with Crippen LogP contribution in [0.3, 0.4) is 0 Å². The number of hydrogen-bond acceptors (Lipinski definition) is 2. The molecule has 16 heavy (non-hydrogen) atoms. The third-order valence-electron chi connectivity index (χ3n) is 2.98. The Balaban J connectivity index is 2.58. The van der Waals surface area contributed by atoms with Gasteiger partial charge in [-0.25, -0.2) is 4.98 Å². The zero-order valence-corrected chi connectivity index (χ0v) is 9.90. The van der Waals surface area contributed by atoms with Gasteiger partial charge in [-0.15, -0.1) is 0 Å². The molecule has 2 heteroatoms. The number of pyridine rings is 1. The molecule has 0 aliphatic rings. The lowest BCUT2D eigenvalue weighted by Crippen LogP contribution is -2.01. The lowest BCUT2D eigenvalue weighted by molar-refractivity contribution is 0.653. The predicted octanol–water partition coefficient (Wildman–Crippen LogP) is 3.72. The Hall–Kier alpha value is -1.57. The van der Waals surface area contributed by atoms with Crippen LogP contribution in [0.1, 0.15) is 38.3 Å². The zero-order chi connectivity index (χ0) is 11.5. The van der Waals surface area contributed by atoms with Crippen LogP contribution in [0.4, 0.5) is 5.82 Å². The van der Waals surface area contributed by atoms with Crippen LogP contribution in [-0.2, 0) is 0 Å². The highest BCUT2D eigenvalue weighted by Crippen LogP contribution is 2.27. The molecular weight excluding hydrogens is 196 g/mol. The largest absolute Gasteiger partial charge is 0.384 e. The van der Waals surface area contributed by atoms with E-state index in [-0.39, 0.29) is 0 Å². The van der Waals surface area contributed by atoms with Crippen molar-refractivity contribution in [2.75, 3.05) is 5.73 Å². The average molecular weight is 214 g/mol. The minimum Gasteiger partial charge on any atom is -0.384 e. The second-order valence-electron chi connectivity index (χ2n) is 4.34. The maximum atomic E-state index is 5.85. The van der Waals surface area contributed by atoms with Crippen molar-refractivity contribution in [2.45, 2.75) is 32.6 Å². The van der Waals surface area contributed by atoms with Crippen molar-refractivity contribution >= 4 is 16.6 Å². The van der Waals surface area contributed by atoms with E-state index in [1.807, 2.05) is 12.1 Å². The van der Waals surface area contributed by atoms with E-state index in [2.05, 4.69) is 37.0 Å². The molecule has 0 saturated carbocycles. The number of benzene rings is 1. The van der Waals surface area contributed by atoms with Crippen LogP contribution in [0.5, 0.6) is 0 Å². The molecule has 0 aliphatic heterocycles. The SMILES string of the molecule is CCCC(C)c1nc(N)cc2ccccc12. The van der Waals surface area contributed by atoms with E-state index in [0.29, 0.717) is 11.7 Å². The number of nitrogens with two attached hydrogens (primary N) is 1. The highest BCUT2D eigenvalue weighted by atomic mass is 14.8. The maximum absolute atomic E-state index is 5.85. The summed E-state index contributed by atoms with van der Waals surface area (Å²) in [5.41, 5.74) is 6.98. The van der Waals surface area contributed by atoms with Crippen molar-refractivity contribution in [1.29, 1.82) is 0 Å². The molecule has 2 rings (SSSR count). The van der Waals surface area contributed by atoms with Gasteiger partial charge in [-0.05, 0) is 23.8 Å². The van der Waals surface area contributed by atoms with Gasteiger partial charge in [-0.3, -0.25) is 0 Å². The summed E-state index contributed by atoms with van der Waals surface area (Å²) in [5, 5.41) is 2.42. The lowest BCUT2D eigenvalue weighted by atomic mass is 9.97. The Morgan fingerprint density at radius 3 is 2.81 bits per heavy atom. The van der Waals surface area contributed by atoms with Crippen molar-refractivity contribution in [2.24, 2.45) is 0 Å². The molecule has 0 spiro atoms. The first-order chi connectivity index (χ1) is 7.72. The summed E-state index contributed by atoms with van der Waals surface area (Å²) >= 11 is 0. The van der Waals surface area contributed by atoms with Gasteiger partial charge in [0.05, 0.1) is 5.69 Å². The smallest absolute Gasteiger partial charge is 0.124 e. The minimum atomic E-state index is 0.471. The van der Waals surface area contributed by atoms with Crippen LogP contribution >= 0.6 is 0 Å². The van der Waals surface area contributed by atoms with Crippen molar-refractivity contribution in [3.8, 4) is 0 Å². The molecular formula is C14H18N2. The minimum absolute atomic E-state index is 0.471. The first-order valence-electron chi connectivity index (χ1n) is 5.87. The van der Waals surface area contributed by atoms with E-state index in [9.17, 15) is 0 Å². The average Bonchev–Trinajstić information content (AvgIpc) is 2.28. The van der Waals surface area contributed by atoms with Crippen molar-refractivity contribution in [3.05, 3.63) is 36.0 Å². The molecule has 2 aromatic rings. The second kappa shape index (κ2) is 4.52. The zero-order valence-electron chi connectivity index (χ0n) is 9.90. The summed E-state index contributed by atoms with van der Waals surface area (Å²) < 4.78 is 0. The van der Waals surface area contributed by atoms with Gasteiger partial charge in [0, 0.05) is 5.39 Å². The fraction of sp³-hybridized carbons (Fsp3) is 0.357. The first-order valence-corrected chi connectivity index (χ1v) is 5.87. The third-order valence-corrected chi connectivity index (χ3v) is 2.98. The number of hydrogen-bond donors (Lipinski definition) is 1. The van der Waals surface area contributed by atoms with E-state index in [0.717, 1.165) is 12.1 Å². The molecule has 84 valence electrons. The number of rotatable bonds is 3. The molecule has 1 unspecified atom stereocenters. The second-order valence-corrected chi connectivity index (χ2v) is 4.34. The van der Waals surface area contributed by atoms with Crippen LogP contribution in [0.2, 0.25) is 0 Å². The van der Waals surface area contributed by atoms with E-state index >= 15 is 0 Å². The Morgan fingerprint density at radius 2 is 2.06 bits per heavy atom. The molecule has 0 radical (unpaired) electrons. The highest BCUT2D eigenvalue weighted by molar-refractivity contribution is 5.86. The van der Waals surface area contributed by atoms with E-state index in [4.69, 9.17) is 5.73 Å². The molecule has 2 N–H and O–H groups in total. The van der Waals surface area contributed by atoms with Gasteiger partial charge in [-0.1, -0.05) is 44.5 Å². The molecule has 1 aromatic carbocycles. The lowest BCUT2D eigenvalue weighted by Gasteiger charge is -2.13. The Kier molecular flexibility index (Phi) is 3.09. The van der Waals surface area contributed by atoms with Gasteiger partial charge < -0.3 is 5.73 Å². The summed E-state index contributed by atoms with van der Waals surface area (Å²) in [7, 11) is 0. The Bertz CT molecular complexity index is 491. The predicted molar refractivity (Wildman–Crippen MR) is 69.5 cm³/mol. The third kappa shape index (κ3) is 2.01. The molecule has 2 nitrogen and oxygen atoms in total. The Morgan fingerprint density at radius 1 is 1.31 bits per heavy atom. The van der Waals surface area contributed by atoms with Crippen molar-refractivity contribution in [3.63, 3.8) is 0 Å². The van der Waals surface area contributed by atoms with Gasteiger partial charge >= 0.3 is 0 Å². The van der Waals surface area contributed by atoms with Gasteiger partial charge in [0.2, 0.25) is 0 Å².